The summed E-state index contributed by atoms with van der Waals surface area (Å²) in [6.07, 6.45) is 1.97. The molecule has 0 radical (unpaired) electrons. The van der Waals surface area contributed by atoms with E-state index in [1.807, 2.05) is 48.5 Å². The lowest BCUT2D eigenvalue weighted by Gasteiger charge is -2.19. The van der Waals surface area contributed by atoms with Gasteiger partial charge in [-0.25, -0.2) is 0 Å². The Kier molecular flexibility index (Phi) is 5.02. The molecule has 2 heterocycles. The van der Waals surface area contributed by atoms with E-state index in [9.17, 15) is 9.59 Å². The van der Waals surface area contributed by atoms with Crippen molar-refractivity contribution in [1.29, 1.82) is 5.26 Å². The van der Waals surface area contributed by atoms with Crippen molar-refractivity contribution < 1.29 is 9.59 Å². The lowest BCUT2D eigenvalue weighted by molar-refractivity contribution is -0.114. The Balaban J connectivity index is 1.52. The summed E-state index contributed by atoms with van der Waals surface area (Å²) in [4.78, 5) is 26.1. The molecular weight excluding hydrogens is 418 g/mol. The molecule has 2 amide bonds. The molecule has 0 atom stereocenters. The van der Waals surface area contributed by atoms with Gasteiger partial charge < -0.3 is 5.32 Å². The van der Waals surface area contributed by atoms with Crippen LogP contribution in [0.4, 0.5) is 5.69 Å². The second-order valence-corrected chi connectivity index (χ2v) is 8.51. The van der Waals surface area contributed by atoms with Gasteiger partial charge >= 0.3 is 0 Å². The minimum Gasteiger partial charge on any atom is -0.361 e. The summed E-state index contributed by atoms with van der Waals surface area (Å²) in [5.74, 6) is -0.838. The van der Waals surface area contributed by atoms with Crippen molar-refractivity contribution in [2.24, 2.45) is 0 Å². The first-order valence-electron chi connectivity index (χ1n) is 10.0. The summed E-state index contributed by atoms with van der Waals surface area (Å²) in [6.45, 7) is 0. The molecule has 0 unspecified atom stereocenters. The number of anilines is 1. The topological polar surface area (TPSA) is 82.0 Å². The third-order valence-electron chi connectivity index (χ3n) is 5.36. The van der Waals surface area contributed by atoms with Crippen molar-refractivity contribution in [2.75, 3.05) is 5.32 Å². The Hall–Kier alpha value is -4.21. The van der Waals surface area contributed by atoms with Crippen LogP contribution >= 0.6 is 11.3 Å². The molecule has 0 spiro atoms. The van der Waals surface area contributed by atoms with Crippen molar-refractivity contribution in [1.82, 2.24) is 5.32 Å². The van der Waals surface area contributed by atoms with E-state index in [1.54, 1.807) is 23.6 Å². The Morgan fingerprint density at radius 2 is 1.75 bits per heavy atom. The predicted octanol–water partition coefficient (Wildman–Crippen LogP) is 5.36. The van der Waals surface area contributed by atoms with Crippen molar-refractivity contribution >= 4 is 44.5 Å². The number of nitriles is 1. The molecule has 4 aromatic rings. The first-order valence-corrected chi connectivity index (χ1v) is 10.9. The van der Waals surface area contributed by atoms with E-state index in [2.05, 4.69) is 34.9 Å². The molecule has 2 N–H and O–H groups in total. The van der Waals surface area contributed by atoms with E-state index >= 15 is 0 Å². The van der Waals surface area contributed by atoms with Crippen LogP contribution in [0.15, 0.2) is 79.0 Å². The number of rotatable bonds is 4. The number of thiophene rings is 1. The molecule has 5 rings (SSSR count). The highest BCUT2D eigenvalue weighted by Crippen LogP contribution is 2.36. The Bertz CT molecular complexity index is 1410. The number of imide groups is 1. The van der Waals surface area contributed by atoms with E-state index < -0.39 is 11.8 Å². The van der Waals surface area contributed by atoms with Crippen molar-refractivity contribution in [3.63, 3.8) is 0 Å². The van der Waals surface area contributed by atoms with Gasteiger partial charge in [0.1, 0.15) is 0 Å². The molecule has 1 aliphatic heterocycles. The molecular formula is C26H17N3O2S. The number of carbonyl (C=O) groups is 2. The predicted molar refractivity (Wildman–Crippen MR) is 127 cm³/mol. The minimum absolute atomic E-state index is 0.347. The van der Waals surface area contributed by atoms with Gasteiger partial charge in [-0.2, -0.15) is 5.26 Å². The lowest BCUT2D eigenvalue weighted by atomic mass is 9.93. The molecule has 0 aliphatic carbocycles. The van der Waals surface area contributed by atoms with E-state index in [0.29, 0.717) is 23.1 Å². The van der Waals surface area contributed by atoms with Crippen molar-refractivity contribution in [3.05, 3.63) is 95.7 Å². The van der Waals surface area contributed by atoms with E-state index in [4.69, 9.17) is 5.26 Å². The number of benzene rings is 3. The molecule has 154 valence electrons. The number of fused-ring (bicyclic) bond motifs is 2. The summed E-state index contributed by atoms with van der Waals surface area (Å²) in [5.41, 5.74) is 4.12. The molecule has 32 heavy (non-hydrogen) atoms. The number of nitrogens with one attached hydrogen (secondary N) is 2. The fourth-order valence-electron chi connectivity index (χ4n) is 3.71. The smallest absolute Gasteiger partial charge is 0.260 e. The van der Waals surface area contributed by atoms with Crippen molar-refractivity contribution in [3.8, 4) is 16.5 Å². The molecule has 0 bridgehead atoms. The van der Waals surface area contributed by atoms with Gasteiger partial charge in [0.25, 0.3) is 11.8 Å². The van der Waals surface area contributed by atoms with Crippen LogP contribution in [-0.2, 0) is 11.2 Å². The Labute approximate surface area is 188 Å². The molecule has 0 fully saturated rings. The monoisotopic (exact) mass is 435 g/mol. The van der Waals surface area contributed by atoms with Gasteiger partial charge in [-0.3, -0.25) is 14.9 Å². The zero-order chi connectivity index (χ0) is 22.1. The summed E-state index contributed by atoms with van der Waals surface area (Å²) in [5, 5.41) is 15.5. The molecule has 1 aliphatic rings. The largest absolute Gasteiger partial charge is 0.361 e. The van der Waals surface area contributed by atoms with Crippen LogP contribution in [-0.4, -0.2) is 11.8 Å². The van der Waals surface area contributed by atoms with Gasteiger partial charge in [0.2, 0.25) is 0 Å². The quantitative estimate of drug-likeness (QED) is 0.334. The zero-order valence-corrected chi connectivity index (χ0v) is 17.7. The molecule has 0 saturated carbocycles. The van der Waals surface area contributed by atoms with Crippen LogP contribution in [0, 0.1) is 11.3 Å². The van der Waals surface area contributed by atoms with Crippen LogP contribution in [0.3, 0.4) is 0 Å². The van der Waals surface area contributed by atoms with Gasteiger partial charge in [-0.05, 0) is 52.9 Å². The maximum absolute atomic E-state index is 12.6. The maximum Gasteiger partial charge on any atom is 0.260 e. The SMILES string of the molecule is N#CCc1ccc(N/C=C2\C(=O)NC(=O)c3ccc(-c4cc5ccccc5s4)cc32)cc1. The van der Waals surface area contributed by atoms with Gasteiger partial charge in [-0.1, -0.05) is 36.4 Å². The molecule has 5 nitrogen and oxygen atoms in total. The summed E-state index contributed by atoms with van der Waals surface area (Å²) in [6, 6.07) is 25.4. The second kappa shape index (κ2) is 8.14. The van der Waals surface area contributed by atoms with Gasteiger partial charge in [0, 0.05) is 32.6 Å². The van der Waals surface area contributed by atoms with Crippen molar-refractivity contribution in [2.45, 2.75) is 6.42 Å². The van der Waals surface area contributed by atoms with Crippen LogP contribution < -0.4 is 10.6 Å². The number of nitrogens with zero attached hydrogens (tertiary/aromatic N) is 1. The fourth-order valence-corrected chi connectivity index (χ4v) is 4.77. The highest BCUT2D eigenvalue weighted by Gasteiger charge is 2.27. The average molecular weight is 436 g/mol. The van der Waals surface area contributed by atoms with Gasteiger partial charge in [0.05, 0.1) is 18.1 Å². The van der Waals surface area contributed by atoms with E-state index in [-0.39, 0.29) is 0 Å². The third-order valence-corrected chi connectivity index (χ3v) is 6.52. The average Bonchev–Trinajstić information content (AvgIpc) is 3.24. The number of hydrogen-bond acceptors (Lipinski definition) is 5. The van der Waals surface area contributed by atoms with Gasteiger partial charge in [-0.15, -0.1) is 11.3 Å². The number of carbonyl (C=O) groups excluding carboxylic acids is 2. The van der Waals surface area contributed by atoms with Crippen LogP contribution in [0.25, 0.3) is 26.1 Å². The van der Waals surface area contributed by atoms with Crippen LogP contribution in [0.2, 0.25) is 0 Å². The summed E-state index contributed by atoms with van der Waals surface area (Å²) in [7, 11) is 0. The number of hydrogen-bond donors (Lipinski definition) is 2. The summed E-state index contributed by atoms with van der Waals surface area (Å²) >= 11 is 1.68. The Morgan fingerprint density at radius 3 is 2.53 bits per heavy atom. The first-order chi connectivity index (χ1) is 15.6. The van der Waals surface area contributed by atoms with Gasteiger partial charge in [0.15, 0.2) is 0 Å². The zero-order valence-electron chi connectivity index (χ0n) is 16.9. The first kappa shape index (κ1) is 19.7. The minimum atomic E-state index is -0.440. The van der Waals surface area contributed by atoms with E-state index in [1.165, 1.54) is 4.70 Å². The van der Waals surface area contributed by atoms with E-state index in [0.717, 1.165) is 27.1 Å². The Morgan fingerprint density at radius 1 is 0.938 bits per heavy atom. The molecule has 3 aromatic carbocycles. The summed E-state index contributed by atoms with van der Waals surface area (Å²) < 4.78 is 1.19. The second-order valence-electron chi connectivity index (χ2n) is 7.43. The van der Waals surface area contributed by atoms with Crippen LogP contribution in [0.1, 0.15) is 21.5 Å². The fraction of sp³-hybridized carbons (Fsp3) is 0.0385. The molecule has 0 saturated heterocycles. The van der Waals surface area contributed by atoms with Crippen LogP contribution in [0.5, 0.6) is 0 Å². The normalized spacial score (nSPS) is 14.2. The lowest BCUT2D eigenvalue weighted by Crippen LogP contribution is -2.36. The maximum atomic E-state index is 12.6. The third kappa shape index (κ3) is 3.66. The number of amides is 2. The molecule has 6 heteroatoms. The highest BCUT2D eigenvalue weighted by molar-refractivity contribution is 7.22. The highest BCUT2D eigenvalue weighted by atomic mass is 32.1. The molecule has 1 aromatic heterocycles. The standard InChI is InChI=1S/C26H17N3O2S/c27-12-11-16-5-8-19(9-6-16)28-15-22-21-13-18(7-10-20(21)25(30)29-26(22)31)24-14-17-3-1-2-4-23(17)32-24/h1-10,13-15,28H,11H2,(H,29,30,31)/b22-15-.